The summed E-state index contributed by atoms with van der Waals surface area (Å²) in [6, 6.07) is 79.4. The standard InChI is InChI=1S/C59H38N6/c1-5-18-39(19-6-1)54-53-30-15-16-35-63(53)59-55(54)49-38-43(42-31-33-51-48(37-42)47-28-13-14-29-50(47)64(51)45-25-11-4-12-26-45)32-34-52(49)65(59)46-27-17-24-44(36-46)58-61-56(40-20-7-2-8-21-40)60-57(62-58)41-22-9-3-10-23-41/h1-38H. The molecule has 0 fully saturated rings. The van der Waals surface area contributed by atoms with Crippen molar-refractivity contribution < 1.29 is 0 Å². The predicted octanol–water partition coefficient (Wildman–Crippen LogP) is 14.7. The van der Waals surface area contributed by atoms with Crippen LogP contribution in [0.3, 0.4) is 0 Å². The van der Waals surface area contributed by atoms with Crippen LogP contribution in [-0.2, 0) is 0 Å². The van der Waals surface area contributed by atoms with Crippen LogP contribution in [0.25, 0.3) is 117 Å². The quantitative estimate of drug-likeness (QED) is 0.161. The zero-order valence-corrected chi connectivity index (χ0v) is 35.1. The van der Waals surface area contributed by atoms with E-state index < -0.39 is 0 Å². The SMILES string of the molecule is c1ccc(-c2nc(-c3ccccc3)nc(-c3cccc(-n4c5ccc(-c6ccc7c(c6)c6ccccc6n7-c6ccccc6)cc5c5c(-c6ccccc6)c6ccccn6c54)c3)n2)cc1. The molecule has 5 aromatic heterocycles. The van der Waals surface area contributed by atoms with Gasteiger partial charge in [-0.25, -0.2) is 15.0 Å². The molecular weight excluding hydrogens is 793 g/mol. The maximum Gasteiger partial charge on any atom is 0.164 e. The monoisotopic (exact) mass is 830 g/mol. The second-order valence-electron chi connectivity index (χ2n) is 16.5. The van der Waals surface area contributed by atoms with E-state index in [1.807, 2.05) is 60.7 Å². The lowest BCUT2D eigenvalue weighted by Crippen LogP contribution is -2.01. The smallest absolute Gasteiger partial charge is 0.164 e. The van der Waals surface area contributed by atoms with Gasteiger partial charge in [-0.1, -0.05) is 158 Å². The summed E-state index contributed by atoms with van der Waals surface area (Å²) in [4.78, 5) is 15.2. The molecule has 0 aliphatic carbocycles. The van der Waals surface area contributed by atoms with Gasteiger partial charge in [0.2, 0.25) is 0 Å². The third kappa shape index (κ3) is 5.99. The average molecular weight is 831 g/mol. The van der Waals surface area contributed by atoms with Crippen molar-refractivity contribution in [1.29, 1.82) is 0 Å². The lowest BCUT2D eigenvalue weighted by Gasteiger charge is -2.12. The van der Waals surface area contributed by atoms with Gasteiger partial charge in [0.15, 0.2) is 17.5 Å². The average Bonchev–Trinajstić information content (AvgIpc) is 4.02. The normalized spacial score (nSPS) is 11.7. The Balaban J connectivity index is 1.05. The van der Waals surface area contributed by atoms with Crippen molar-refractivity contribution in [3.63, 3.8) is 0 Å². The van der Waals surface area contributed by atoms with Crippen molar-refractivity contribution in [2.24, 2.45) is 0 Å². The maximum atomic E-state index is 5.11. The van der Waals surface area contributed by atoms with E-state index >= 15 is 0 Å². The second-order valence-corrected chi connectivity index (χ2v) is 16.5. The number of aromatic nitrogens is 6. The Kier molecular flexibility index (Phi) is 8.42. The largest absolute Gasteiger partial charge is 0.309 e. The fraction of sp³-hybridized carbons (Fsp3) is 0. The number of fused-ring (bicyclic) bond motifs is 8. The highest BCUT2D eigenvalue weighted by molar-refractivity contribution is 6.20. The van der Waals surface area contributed by atoms with Crippen LogP contribution in [0.5, 0.6) is 0 Å². The van der Waals surface area contributed by atoms with Crippen molar-refractivity contribution >= 4 is 49.3 Å². The molecule has 0 saturated heterocycles. The molecule has 0 atom stereocenters. The molecule has 0 saturated carbocycles. The van der Waals surface area contributed by atoms with Crippen LogP contribution in [-0.4, -0.2) is 28.5 Å². The van der Waals surface area contributed by atoms with Gasteiger partial charge in [-0.05, 0) is 83.4 Å². The number of para-hydroxylation sites is 2. The summed E-state index contributed by atoms with van der Waals surface area (Å²) in [7, 11) is 0. The second kappa shape index (κ2) is 14.9. The Labute approximate surface area is 374 Å². The summed E-state index contributed by atoms with van der Waals surface area (Å²) < 4.78 is 7.13. The number of hydrogen-bond donors (Lipinski definition) is 0. The van der Waals surface area contributed by atoms with Crippen molar-refractivity contribution in [3.8, 4) is 67.8 Å². The molecule has 0 bridgehead atoms. The molecular formula is C59H38N6. The molecule has 0 spiro atoms. The van der Waals surface area contributed by atoms with Crippen molar-refractivity contribution in [2.45, 2.75) is 0 Å². The minimum Gasteiger partial charge on any atom is -0.309 e. The van der Waals surface area contributed by atoms with Gasteiger partial charge in [0.05, 0.1) is 22.1 Å². The number of rotatable bonds is 7. The summed E-state index contributed by atoms with van der Waals surface area (Å²) in [5.74, 6) is 1.88. The van der Waals surface area contributed by atoms with Crippen LogP contribution >= 0.6 is 0 Å². The first kappa shape index (κ1) is 36.8. The molecule has 13 aromatic rings. The number of pyridine rings is 1. The molecule has 6 heteroatoms. The summed E-state index contributed by atoms with van der Waals surface area (Å²) in [5, 5.41) is 4.84. The topological polar surface area (TPSA) is 52.9 Å². The van der Waals surface area contributed by atoms with Gasteiger partial charge < -0.3 is 8.97 Å². The van der Waals surface area contributed by atoms with Crippen molar-refractivity contribution in [2.75, 3.05) is 0 Å². The van der Waals surface area contributed by atoms with Gasteiger partial charge in [-0.3, -0.25) is 4.57 Å². The lowest BCUT2D eigenvalue weighted by molar-refractivity contribution is 1.07. The van der Waals surface area contributed by atoms with Gasteiger partial charge in [0.1, 0.15) is 5.65 Å². The van der Waals surface area contributed by atoms with Gasteiger partial charge in [-0.2, -0.15) is 0 Å². The highest BCUT2D eigenvalue weighted by atomic mass is 15.1. The van der Waals surface area contributed by atoms with E-state index in [-0.39, 0.29) is 0 Å². The molecule has 13 rings (SSSR count). The predicted molar refractivity (Wildman–Crippen MR) is 267 cm³/mol. The Hall–Kier alpha value is -8.87. The molecule has 0 N–H and O–H groups in total. The zero-order valence-electron chi connectivity index (χ0n) is 35.1. The summed E-state index contributed by atoms with van der Waals surface area (Å²) >= 11 is 0. The molecule has 0 aliphatic heterocycles. The fourth-order valence-corrected chi connectivity index (χ4v) is 9.78. The Morgan fingerprint density at radius 1 is 0.292 bits per heavy atom. The van der Waals surface area contributed by atoms with Gasteiger partial charge in [0.25, 0.3) is 0 Å². The van der Waals surface area contributed by atoms with Crippen LogP contribution < -0.4 is 0 Å². The van der Waals surface area contributed by atoms with E-state index in [0.717, 1.165) is 50.3 Å². The van der Waals surface area contributed by atoms with Crippen LogP contribution in [0, 0.1) is 0 Å². The molecule has 0 amide bonds. The van der Waals surface area contributed by atoms with Gasteiger partial charge in [-0.15, -0.1) is 0 Å². The van der Waals surface area contributed by atoms with E-state index in [9.17, 15) is 0 Å². The minimum absolute atomic E-state index is 0.614. The molecule has 5 heterocycles. The van der Waals surface area contributed by atoms with E-state index in [1.54, 1.807) is 0 Å². The van der Waals surface area contributed by atoms with Crippen molar-refractivity contribution in [3.05, 3.63) is 231 Å². The van der Waals surface area contributed by atoms with E-state index in [4.69, 9.17) is 15.0 Å². The highest BCUT2D eigenvalue weighted by Gasteiger charge is 2.24. The molecule has 65 heavy (non-hydrogen) atoms. The Morgan fingerprint density at radius 3 is 1.46 bits per heavy atom. The molecule has 0 unspecified atom stereocenters. The van der Waals surface area contributed by atoms with Crippen LogP contribution in [0.15, 0.2) is 231 Å². The molecule has 8 aromatic carbocycles. The Morgan fingerprint density at radius 2 is 0.785 bits per heavy atom. The molecule has 304 valence electrons. The first-order valence-electron chi connectivity index (χ1n) is 21.9. The van der Waals surface area contributed by atoms with Crippen molar-refractivity contribution in [1.82, 2.24) is 28.5 Å². The third-order valence-corrected chi connectivity index (χ3v) is 12.7. The minimum atomic E-state index is 0.614. The zero-order chi connectivity index (χ0) is 42.8. The fourth-order valence-electron chi connectivity index (χ4n) is 9.78. The van der Waals surface area contributed by atoms with Gasteiger partial charge >= 0.3 is 0 Å². The number of hydrogen-bond acceptors (Lipinski definition) is 3. The van der Waals surface area contributed by atoms with Gasteiger partial charge in [0, 0.05) is 61.4 Å². The molecule has 0 radical (unpaired) electrons. The highest BCUT2D eigenvalue weighted by Crippen LogP contribution is 2.45. The molecule has 0 aliphatic rings. The van der Waals surface area contributed by atoms with E-state index in [0.29, 0.717) is 17.5 Å². The van der Waals surface area contributed by atoms with Crippen LogP contribution in [0.2, 0.25) is 0 Å². The third-order valence-electron chi connectivity index (χ3n) is 12.7. The summed E-state index contributed by atoms with van der Waals surface area (Å²) in [5.41, 5.74) is 15.4. The lowest BCUT2D eigenvalue weighted by atomic mass is 9.98. The molecule has 6 nitrogen and oxygen atoms in total. The summed E-state index contributed by atoms with van der Waals surface area (Å²) in [6.07, 6.45) is 2.19. The number of nitrogens with zero attached hydrogens (tertiary/aromatic N) is 6. The number of benzene rings is 8. The van der Waals surface area contributed by atoms with Crippen LogP contribution in [0.1, 0.15) is 0 Å². The Bertz CT molecular complexity index is 3870. The van der Waals surface area contributed by atoms with E-state index in [1.165, 1.54) is 49.3 Å². The first-order valence-corrected chi connectivity index (χ1v) is 21.9. The summed E-state index contributed by atoms with van der Waals surface area (Å²) in [6.45, 7) is 0. The van der Waals surface area contributed by atoms with E-state index in [2.05, 4.69) is 184 Å². The maximum absolute atomic E-state index is 5.11. The van der Waals surface area contributed by atoms with Crippen LogP contribution in [0.4, 0.5) is 0 Å². The first-order chi connectivity index (χ1) is 32.2.